The molecule has 1 aromatic heterocycles. The third-order valence-corrected chi connectivity index (χ3v) is 5.54. The second-order valence-electron chi connectivity index (χ2n) is 7.09. The summed E-state index contributed by atoms with van der Waals surface area (Å²) in [6, 6.07) is 28.7. The fraction of sp³-hybridized carbons (Fsp3) is 0.167. The molecule has 4 aromatic rings. The average molecular weight is 338 g/mol. The first-order chi connectivity index (χ1) is 12.9. The molecular weight excluding hydrogens is 316 g/mol. The molecule has 1 aliphatic rings. The number of hydrogen-bond acceptors (Lipinski definition) is 1. The summed E-state index contributed by atoms with van der Waals surface area (Å²) in [7, 11) is 0. The summed E-state index contributed by atoms with van der Waals surface area (Å²) in [5.74, 6) is 0. The first-order valence-corrected chi connectivity index (χ1v) is 9.34. The number of nitrogens with one attached hydrogen (secondary N) is 1. The third kappa shape index (κ3) is 2.59. The van der Waals surface area contributed by atoms with Crippen LogP contribution in [0.1, 0.15) is 29.2 Å². The van der Waals surface area contributed by atoms with Gasteiger partial charge in [0.15, 0.2) is 0 Å². The quantitative estimate of drug-likeness (QED) is 0.495. The predicted molar refractivity (Wildman–Crippen MR) is 108 cm³/mol. The number of nitrogens with zero attached hydrogens (tertiary/aromatic N) is 1. The van der Waals surface area contributed by atoms with Crippen molar-refractivity contribution < 1.29 is 0 Å². The molecule has 0 saturated heterocycles. The molecule has 26 heavy (non-hydrogen) atoms. The van der Waals surface area contributed by atoms with E-state index in [0.717, 1.165) is 19.4 Å². The smallest absolute Gasteiger partial charge is 0.0570 e. The van der Waals surface area contributed by atoms with Gasteiger partial charge in [-0.2, -0.15) is 0 Å². The van der Waals surface area contributed by atoms with Gasteiger partial charge in [-0.05, 0) is 41.7 Å². The van der Waals surface area contributed by atoms with Gasteiger partial charge in [0.2, 0.25) is 0 Å². The SMILES string of the molecule is c1ccc(CN2c3ccccc3CCC2c2c[nH]c3ccccc23)cc1. The van der Waals surface area contributed by atoms with Crippen molar-refractivity contribution in [1.29, 1.82) is 0 Å². The topological polar surface area (TPSA) is 19.0 Å². The number of aryl methyl sites for hydroxylation is 1. The van der Waals surface area contributed by atoms with E-state index in [9.17, 15) is 0 Å². The second-order valence-corrected chi connectivity index (χ2v) is 7.09. The van der Waals surface area contributed by atoms with Gasteiger partial charge in [-0.25, -0.2) is 0 Å². The molecule has 0 saturated carbocycles. The Morgan fingerprint density at radius 2 is 1.62 bits per heavy atom. The minimum absolute atomic E-state index is 0.390. The van der Waals surface area contributed by atoms with Crippen molar-refractivity contribution in [2.75, 3.05) is 4.90 Å². The Morgan fingerprint density at radius 3 is 2.54 bits per heavy atom. The van der Waals surface area contributed by atoms with E-state index in [4.69, 9.17) is 0 Å². The Morgan fingerprint density at radius 1 is 0.846 bits per heavy atom. The van der Waals surface area contributed by atoms with Crippen molar-refractivity contribution in [2.24, 2.45) is 0 Å². The number of H-pyrrole nitrogens is 1. The molecule has 2 heterocycles. The van der Waals surface area contributed by atoms with E-state index in [-0.39, 0.29) is 0 Å². The summed E-state index contributed by atoms with van der Waals surface area (Å²) in [5, 5.41) is 1.34. The Hall–Kier alpha value is -3.00. The van der Waals surface area contributed by atoms with Gasteiger partial charge in [0.05, 0.1) is 6.04 Å². The van der Waals surface area contributed by atoms with Gasteiger partial charge in [0, 0.05) is 29.3 Å². The van der Waals surface area contributed by atoms with Crippen LogP contribution in [0.3, 0.4) is 0 Å². The highest BCUT2D eigenvalue weighted by molar-refractivity contribution is 5.84. The minimum atomic E-state index is 0.390. The molecule has 2 nitrogen and oxygen atoms in total. The molecule has 1 atom stereocenters. The van der Waals surface area contributed by atoms with Crippen molar-refractivity contribution in [3.63, 3.8) is 0 Å². The molecular formula is C24H22N2. The van der Waals surface area contributed by atoms with Crippen LogP contribution in [0, 0.1) is 0 Å². The zero-order valence-corrected chi connectivity index (χ0v) is 14.7. The lowest BCUT2D eigenvalue weighted by molar-refractivity contribution is 0.549. The Balaban J connectivity index is 1.61. The lowest BCUT2D eigenvalue weighted by atomic mass is 9.90. The lowest BCUT2D eigenvalue weighted by Crippen LogP contribution is -2.32. The van der Waals surface area contributed by atoms with Gasteiger partial charge in [0.1, 0.15) is 0 Å². The van der Waals surface area contributed by atoms with Gasteiger partial charge in [0.25, 0.3) is 0 Å². The van der Waals surface area contributed by atoms with E-state index in [0.29, 0.717) is 6.04 Å². The van der Waals surface area contributed by atoms with Gasteiger partial charge in [-0.15, -0.1) is 0 Å². The van der Waals surface area contributed by atoms with Gasteiger partial charge >= 0.3 is 0 Å². The largest absolute Gasteiger partial charge is 0.361 e. The molecule has 0 radical (unpaired) electrons. The molecule has 1 N–H and O–H groups in total. The van der Waals surface area contributed by atoms with Crippen LogP contribution < -0.4 is 4.90 Å². The average Bonchev–Trinajstić information content (AvgIpc) is 3.13. The van der Waals surface area contributed by atoms with Gasteiger partial charge in [-0.3, -0.25) is 0 Å². The summed E-state index contributed by atoms with van der Waals surface area (Å²) < 4.78 is 0. The summed E-state index contributed by atoms with van der Waals surface area (Å²) >= 11 is 0. The molecule has 2 heteroatoms. The highest BCUT2D eigenvalue weighted by Gasteiger charge is 2.29. The normalized spacial score (nSPS) is 16.6. The van der Waals surface area contributed by atoms with Crippen LogP contribution in [-0.4, -0.2) is 4.98 Å². The van der Waals surface area contributed by atoms with Crippen LogP contribution in [0.25, 0.3) is 10.9 Å². The van der Waals surface area contributed by atoms with E-state index in [1.165, 1.54) is 33.3 Å². The van der Waals surface area contributed by atoms with E-state index < -0.39 is 0 Å². The lowest BCUT2D eigenvalue weighted by Gasteiger charge is -2.39. The van der Waals surface area contributed by atoms with Crippen LogP contribution in [0.2, 0.25) is 0 Å². The van der Waals surface area contributed by atoms with Crippen molar-refractivity contribution in [1.82, 2.24) is 4.98 Å². The number of rotatable bonds is 3. The molecule has 5 rings (SSSR count). The summed E-state index contributed by atoms with van der Waals surface area (Å²) in [6.07, 6.45) is 4.48. The highest BCUT2D eigenvalue weighted by Crippen LogP contribution is 2.41. The van der Waals surface area contributed by atoms with Crippen molar-refractivity contribution in [2.45, 2.75) is 25.4 Å². The summed E-state index contributed by atoms with van der Waals surface area (Å²) in [6.45, 7) is 0.933. The summed E-state index contributed by atoms with van der Waals surface area (Å²) in [4.78, 5) is 6.05. The zero-order chi connectivity index (χ0) is 17.3. The van der Waals surface area contributed by atoms with Crippen LogP contribution in [0.4, 0.5) is 5.69 Å². The Labute approximate surface area is 154 Å². The maximum atomic E-state index is 3.47. The Kier molecular flexibility index (Phi) is 3.75. The molecule has 0 spiro atoms. The van der Waals surface area contributed by atoms with Gasteiger partial charge < -0.3 is 9.88 Å². The van der Waals surface area contributed by atoms with E-state index in [1.54, 1.807) is 0 Å². The molecule has 0 amide bonds. The maximum absolute atomic E-state index is 3.47. The number of aromatic amines is 1. The van der Waals surface area contributed by atoms with Crippen molar-refractivity contribution in [3.05, 3.63) is 102 Å². The highest BCUT2D eigenvalue weighted by atomic mass is 15.2. The van der Waals surface area contributed by atoms with Crippen LogP contribution >= 0.6 is 0 Å². The molecule has 1 aliphatic heterocycles. The second kappa shape index (κ2) is 6.38. The van der Waals surface area contributed by atoms with Crippen LogP contribution in [0.5, 0.6) is 0 Å². The molecule has 1 unspecified atom stereocenters. The molecule has 3 aromatic carbocycles. The van der Waals surface area contributed by atoms with E-state index in [1.807, 2.05) is 0 Å². The number of anilines is 1. The number of fused-ring (bicyclic) bond motifs is 2. The fourth-order valence-corrected chi connectivity index (χ4v) is 4.29. The predicted octanol–water partition coefficient (Wildman–Crippen LogP) is 5.86. The van der Waals surface area contributed by atoms with Gasteiger partial charge in [-0.1, -0.05) is 66.7 Å². The summed E-state index contributed by atoms with van der Waals surface area (Å²) in [5.41, 5.74) is 6.82. The molecule has 0 aliphatic carbocycles. The van der Waals surface area contributed by atoms with Crippen LogP contribution in [-0.2, 0) is 13.0 Å². The minimum Gasteiger partial charge on any atom is -0.361 e. The molecule has 0 fully saturated rings. The monoisotopic (exact) mass is 338 g/mol. The zero-order valence-electron chi connectivity index (χ0n) is 14.7. The standard InChI is InChI=1S/C24H22N2/c1-2-8-18(9-3-1)17-26-23-13-7-4-10-19(23)14-15-24(26)21-16-25-22-12-6-5-11-20(21)22/h1-13,16,24-25H,14-15,17H2. The molecule has 128 valence electrons. The Bertz CT molecular complexity index is 1030. The number of hydrogen-bond donors (Lipinski definition) is 1. The molecule has 0 bridgehead atoms. The van der Waals surface area contributed by atoms with Crippen LogP contribution in [0.15, 0.2) is 85.1 Å². The van der Waals surface area contributed by atoms with E-state index >= 15 is 0 Å². The number of benzene rings is 3. The number of para-hydroxylation sites is 2. The number of aromatic nitrogens is 1. The van der Waals surface area contributed by atoms with E-state index in [2.05, 4.69) is 94.9 Å². The van der Waals surface area contributed by atoms with Crippen molar-refractivity contribution >= 4 is 16.6 Å². The first-order valence-electron chi connectivity index (χ1n) is 9.34. The fourth-order valence-electron chi connectivity index (χ4n) is 4.29. The third-order valence-electron chi connectivity index (χ3n) is 5.54. The first kappa shape index (κ1) is 15.3. The maximum Gasteiger partial charge on any atom is 0.0570 e. The van der Waals surface area contributed by atoms with Crippen molar-refractivity contribution in [3.8, 4) is 0 Å².